The number of hydrogen-bond donors (Lipinski definition) is 2. The van der Waals surface area contributed by atoms with Gasteiger partial charge in [-0.25, -0.2) is 0 Å². The van der Waals surface area contributed by atoms with Crippen LogP contribution in [0, 0.1) is 0 Å². The summed E-state index contributed by atoms with van der Waals surface area (Å²) in [5, 5.41) is 5.80. The third-order valence-electron chi connectivity index (χ3n) is 4.79. The highest BCUT2D eigenvalue weighted by molar-refractivity contribution is 5.82. The van der Waals surface area contributed by atoms with Gasteiger partial charge in [0.2, 0.25) is 11.8 Å². The fourth-order valence-corrected chi connectivity index (χ4v) is 3.45. The lowest BCUT2D eigenvalue weighted by atomic mass is 10.1. The third kappa shape index (κ3) is 5.34. The minimum atomic E-state index is -0.251. The van der Waals surface area contributed by atoms with E-state index < -0.39 is 0 Å². The fraction of sp³-hybridized carbons (Fsp3) is 0.400. The molecule has 0 aromatic carbocycles. The van der Waals surface area contributed by atoms with Crippen LogP contribution in [-0.2, 0) is 22.6 Å². The van der Waals surface area contributed by atoms with Gasteiger partial charge in [-0.15, -0.1) is 0 Å². The molecular weight excluding hydrogens is 342 g/mol. The molecule has 0 aliphatic carbocycles. The highest BCUT2D eigenvalue weighted by atomic mass is 16.2. The summed E-state index contributed by atoms with van der Waals surface area (Å²) in [6, 6.07) is 7.43. The molecule has 2 N–H and O–H groups in total. The molecule has 2 atom stereocenters. The van der Waals surface area contributed by atoms with Crippen molar-refractivity contribution < 1.29 is 9.59 Å². The Balaban J connectivity index is 1.56. The molecule has 0 bridgehead atoms. The first-order valence-corrected chi connectivity index (χ1v) is 9.18. The first-order chi connectivity index (χ1) is 13.2. The van der Waals surface area contributed by atoms with Crippen molar-refractivity contribution in [1.82, 2.24) is 25.5 Å². The molecule has 7 heteroatoms. The Morgan fingerprint density at radius 2 is 1.85 bits per heavy atom. The van der Waals surface area contributed by atoms with Crippen molar-refractivity contribution in [3.05, 3.63) is 60.2 Å². The smallest absolute Gasteiger partial charge is 0.237 e. The van der Waals surface area contributed by atoms with Gasteiger partial charge in [-0.1, -0.05) is 12.1 Å². The van der Waals surface area contributed by atoms with Gasteiger partial charge in [0.25, 0.3) is 0 Å². The normalized spacial score (nSPS) is 19.6. The predicted octanol–water partition coefficient (Wildman–Crippen LogP) is 0.915. The zero-order chi connectivity index (χ0) is 19.1. The van der Waals surface area contributed by atoms with Crippen molar-refractivity contribution in [3.8, 4) is 0 Å². The average molecular weight is 367 g/mol. The van der Waals surface area contributed by atoms with E-state index in [9.17, 15) is 9.59 Å². The topological polar surface area (TPSA) is 87.2 Å². The molecule has 0 saturated carbocycles. The number of carbonyl (C=O) groups is 2. The molecule has 2 aromatic heterocycles. The number of likely N-dealkylation sites (tertiary alicyclic amines) is 1. The van der Waals surface area contributed by atoms with Crippen LogP contribution in [0.5, 0.6) is 0 Å². The van der Waals surface area contributed by atoms with Crippen LogP contribution in [0.4, 0.5) is 0 Å². The highest BCUT2D eigenvalue weighted by Gasteiger charge is 2.36. The molecular formula is C20H25N5O2. The first-order valence-electron chi connectivity index (χ1n) is 9.18. The van der Waals surface area contributed by atoms with Crippen molar-refractivity contribution in [2.75, 3.05) is 13.6 Å². The quantitative estimate of drug-likeness (QED) is 0.760. The van der Waals surface area contributed by atoms with Gasteiger partial charge in [-0.3, -0.25) is 24.5 Å². The summed E-state index contributed by atoms with van der Waals surface area (Å²) < 4.78 is 0. The first kappa shape index (κ1) is 19.0. The molecule has 7 nitrogen and oxygen atoms in total. The second-order valence-corrected chi connectivity index (χ2v) is 6.78. The van der Waals surface area contributed by atoms with Crippen molar-refractivity contribution in [2.24, 2.45) is 0 Å². The summed E-state index contributed by atoms with van der Waals surface area (Å²) in [6.07, 6.45) is 8.71. The molecule has 1 aliphatic heterocycles. The van der Waals surface area contributed by atoms with Gasteiger partial charge < -0.3 is 10.6 Å². The van der Waals surface area contributed by atoms with E-state index in [4.69, 9.17) is 0 Å². The second kappa shape index (κ2) is 9.23. The van der Waals surface area contributed by atoms with Crippen molar-refractivity contribution in [3.63, 3.8) is 0 Å². The number of nitrogens with zero attached hydrogens (tertiary/aromatic N) is 3. The van der Waals surface area contributed by atoms with Gasteiger partial charge in [0.15, 0.2) is 0 Å². The van der Waals surface area contributed by atoms with E-state index in [-0.39, 0.29) is 23.9 Å². The van der Waals surface area contributed by atoms with Crippen LogP contribution in [-0.4, -0.2) is 52.4 Å². The summed E-state index contributed by atoms with van der Waals surface area (Å²) in [7, 11) is 1.64. The molecule has 1 aliphatic rings. The molecule has 0 spiro atoms. The van der Waals surface area contributed by atoms with E-state index in [1.807, 2.05) is 24.3 Å². The number of aromatic nitrogens is 2. The maximum atomic E-state index is 12.3. The van der Waals surface area contributed by atoms with Crippen LogP contribution in [0.1, 0.15) is 24.0 Å². The minimum absolute atomic E-state index is 0.00253. The lowest BCUT2D eigenvalue weighted by Gasteiger charge is -2.22. The van der Waals surface area contributed by atoms with E-state index in [1.54, 1.807) is 31.8 Å². The lowest BCUT2D eigenvalue weighted by molar-refractivity contribution is -0.125. The Hall–Kier alpha value is -2.80. The number of pyridine rings is 2. The van der Waals surface area contributed by atoms with Crippen LogP contribution in [0.3, 0.4) is 0 Å². The lowest BCUT2D eigenvalue weighted by Crippen LogP contribution is -2.41. The van der Waals surface area contributed by atoms with Crippen LogP contribution >= 0.6 is 0 Å². The molecule has 0 unspecified atom stereocenters. The molecule has 2 aromatic rings. The Labute approximate surface area is 159 Å². The predicted molar refractivity (Wildman–Crippen MR) is 102 cm³/mol. The maximum Gasteiger partial charge on any atom is 0.237 e. The van der Waals surface area contributed by atoms with Crippen molar-refractivity contribution in [2.45, 2.75) is 37.9 Å². The number of nitrogens with one attached hydrogen (secondary N) is 2. The Morgan fingerprint density at radius 3 is 2.48 bits per heavy atom. The molecule has 3 rings (SSSR count). The molecule has 27 heavy (non-hydrogen) atoms. The molecule has 0 radical (unpaired) electrons. The van der Waals surface area contributed by atoms with Crippen LogP contribution in [0.15, 0.2) is 49.1 Å². The van der Waals surface area contributed by atoms with Gasteiger partial charge in [0.1, 0.15) is 0 Å². The number of amides is 2. The number of carbonyl (C=O) groups excluding carboxylic acids is 2. The Bertz CT molecular complexity index is 753. The summed E-state index contributed by atoms with van der Waals surface area (Å²) in [5.74, 6) is -0.0197. The van der Waals surface area contributed by atoms with Crippen LogP contribution in [0.2, 0.25) is 0 Å². The van der Waals surface area contributed by atoms with Gasteiger partial charge in [0, 0.05) is 57.4 Å². The summed E-state index contributed by atoms with van der Waals surface area (Å²) in [6.45, 7) is 1.28. The third-order valence-corrected chi connectivity index (χ3v) is 4.79. The van der Waals surface area contributed by atoms with Crippen molar-refractivity contribution in [1.29, 1.82) is 0 Å². The SMILES string of the molecule is CNC(=O)[C@@H]1C[C@@H](NC(=O)CCc2cccnc2)CN1Cc1cccnc1. The maximum absolute atomic E-state index is 12.3. The van der Waals surface area contributed by atoms with E-state index in [2.05, 4.69) is 25.5 Å². The van der Waals surface area contributed by atoms with Gasteiger partial charge in [0.05, 0.1) is 6.04 Å². The van der Waals surface area contributed by atoms with Gasteiger partial charge in [-0.2, -0.15) is 0 Å². The molecule has 1 fully saturated rings. The highest BCUT2D eigenvalue weighted by Crippen LogP contribution is 2.21. The number of likely N-dealkylation sites (N-methyl/N-ethyl adjacent to an activating group) is 1. The zero-order valence-electron chi connectivity index (χ0n) is 15.5. The second-order valence-electron chi connectivity index (χ2n) is 6.78. The average Bonchev–Trinajstić information content (AvgIpc) is 3.09. The minimum Gasteiger partial charge on any atom is -0.358 e. The molecule has 3 heterocycles. The number of rotatable bonds is 7. The summed E-state index contributed by atoms with van der Waals surface area (Å²) in [5.41, 5.74) is 2.09. The monoisotopic (exact) mass is 367 g/mol. The summed E-state index contributed by atoms with van der Waals surface area (Å²) in [4.78, 5) is 34.9. The largest absolute Gasteiger partial charge is 0.358 e. The number of aryl methyl sites for hydroxylation is 1. The van der Waals surface area contributed by atoms with Crippen molar-refractivity contribution >= 4 is 11.8 Å². The standard InChI is InChI=1S/C20H25N5O2/c1-21-20(27)18-10-17(14-25(18)13-16-5-3-9-23-12-16)24-19(26)7-6-15-4-2-8-22-11-15/h2-5,8-9,11-12,17-18H,6-7,10,13-14H2,1H3,(H,21,27)(H,24,26)/t17-,18+/m1/s1. The number of hydrogen-bond acceptors (Lipinski definition) is 5. The Morgan fingerprint density at radius 1 is 1.15 bits per heavy atom. The van der Waals surface area contributed by atoms with Crippen LogP contribution < -0.4 is 10.6 Å². The zero-order valence-corrected chi connectivity index (χ0v) is 15.5. The molecule has 2 amide bonds. The molecule has 1 saturated heterocycles. The van der Waals surface area contributed by atoms with E-state index in [0.717, 1.165) is 11.1 Å². The Kier molecular flexibility index (Phi) is 6.49. The summed E-state index contributed by atoms with van der Waals surface area (Å²) >= 11 is 0. The van der Waals surface area contributed by atoms with E-state index in [1.165, 1.54) is 0 Å². The van der Waals surface area contributed by atoms with Gasteiger partial charge >= 0.3 is 0 Å². The fourth-order valence-electron chi connectivity index (χ4n) is 3.45. The van der Waals surface area contributed by atoms with Gasteiger partial charge in [-0.05, 0) is 36.1 Å². The van der Waals surface area contributed by atoms with E-state index >= 15 is 0 Å². The van der Waals surface area contributed by atoms with E-state index in [0.29, 0.717) is 32.4 Å². The van der Waals surface area contributed by atoms with Crippen LogP contribution in [0.25, 0.3) is 0 Å². The molecule has 142 valence electrons.